The van der Waals surface area contributed by atoms with Gasteiger partial charge < -0.3 is 9.47 Å². The Morgan fingerprint density at radius 2 is 1.79 bits per heavy atom. The fraction of sp³-hybridized carbons (Fsp3) is 0.120. The third-order valence-electron chi connectivity index (χ3n) is 4.76. The van der Waals surface area contributed by atoms with Crippen molar-refractivity contribution in [1.82, 2.24) is 0 Å². The number of amides is 1. The second kappa shape index (κ2) is 10.6. The molecule has 0 radical (unpaired) electrons. The van der Waals surface area contributed by atoms with Crippen molar-refractivity contribution < 1.29 is 14.3 Å². The molecule has 0 unspecified atom stereocenters. The maximum Gasteiger partial charge on any atom is 0.270 e. The number of thiocarbonyl (C=S) groups is 1. The molecule has 1 heterocycles. The first-order chi connectivity index (χ1) is 15.9. The van der Waals surface area contributed by atoms with Gasteiger partial charge in [-0.15, -0.1) is 0 Å². The topological polar surface area (TPSA) is 38.8 Å². The van der Waals surface area contributed by atoms with E-state index in [-0.39, 0.29) is 5.91 Å². The number of thioether (sulfide) groups is 1. The molecule has 1 fully saturated rings. The van der Waals surface area contributed by atoms with E-state index in [1.54, 1.807) is 12.1 Å². The summed E-state index contributed by atoms with van der Waals surface area (Å²) in [6, 6.07) is 20.1. The summed E-state index contributed by atoms with van der Waals surface area (Å²) in [7, 11) is 0. The molecule has 33 heavy (non-hydrogen) atoms. The molecule has 0 N–H and O–H groups in total. The number of benzene rings is 3. The normalized spacial score (nSPS) is 14.8. The van der Waals surface area contributed by atoms with Gasteiger partial charge in [0.2, 0.25) is 0 Å². The molecule has 1 saturated heterocycles. The lowest BCUT2D eigenvalue weighted by atomic mass is 10.2. The molecule has 3 aromatic rings. The van der Waals surface area contributed by atoms with Crippen molar-refractivity contribution in [1.29, 1.82) is 0 Å². The van der Waals surface area contributed by atoms with Crippen LogP contribution in [0.2, 0.25) is 10.0 Å². The number of hydrogen-bond donors (Lipinski definition) is 0. The lowest BCUT2D eigenvalue weighted by molar-refractivity contribution is -0.113. The molecule has 1 aliphatic heterocycles. The molecule has 3 aromatic carbocycles. The number of halogens is 2. The second-order valence-electron chi connectivity index (χ2n) is 7.04. The molecule has 0 spiro atoms. The first-order valence-corrected chi connectivity index (χ1v) is 12.1. The summed E-state index contributed by atoms with van der Waals surface area (Å²) in [5.41, 5.74) is 2.38. The van der Waals surface area contributed by atoms with Crippen LogP contribution in [0.5, 0.6) is 11.5 Å². The highest BCUT2D eigenvalue weighted by atomic mass is 35.5. The Balaban J connectivity index is 1.48. The Morgan fingerprint density at radius 3 is 2.52 bits per heavy atom. The van der Waals surface area contributed by atoms with Crippen molar-refractivity contribution in [3.05, 3.63) is 92.8 Å². The Hall–Kier alpha value is -2.51. The van der Waals surface area contributed by atoms with E-state index in [1.807, 2.05) is 67.6 Å². The summed E-state index contributed by atoms with van der Waals surface area (Å²) in [6.45, 7) is 2.81. The van der Waals surface area contributed by atoms with E-state index in [0.29, 0.717) is 43.9 Å². The lowest BCUT2D eigenvalue weighted by Crippen LogP contribution is -2.27. The number of anilines is 1. The smallest absolute Gasteiger partial charge is 0.270 e. The minimum absolute atomic E-state index is 0.159. The Bertz CT molecular complexity index is 1230. The molecule has 0 saturated carbocycles. The average molecular weight is 516 g/mol. The molecule has 0 bridgehead atoms. The van der Waals surface area contributed by atoms with E-state index in [1.165, 1.54) is 16.7 Å². The molecular weight excluding hydrogens is 497 g/mol. The van der Waals surface area contributed by atoms with Crippen molar-refractivity contribution in [3.8, 4) is 11.5 Å². The van der Waals surface area contributed by atoms with Crippen LogP contribution in [0.15, 0.2) is 71.6 Å². The zero-order valence-electron chi connectivity index (χ0n) is 17.6. The zero-order chi connectivity index (χ0) is 23.4. The Labute approximate surface area is 212 Å². The summed E-state index contributed by atoms with van der Waals surface area (Å²) in [4.78, 5) is 15.1. The summed E-state index contributed by atoms with van der Waals surface area (Å²) in [5, 5.41) is 1.13. The predicted octanol–water partition coefficient (Wildman–Crippen LogP) is 7.38. The van der Waals surface area contributed by atoms with Gasteiger partial charge in [-0.1, -0.05) is 65.4 Å². The molecule has 4 rings (SSSR count). The number of carbonyl (C=O) groups is 1. The highest BCUT2D eigenvalue weighted by molar-refractivity contribution is 8.27. The molecular formula is C25H19Cl2NO3S2. The van der Waals surface area contributed by atoms with Crippen molar-refractivity contribution >= 4 is 69.2 Å². The van der Waals surface area contributed by atoms with Gasteiger partial charge in [-0.25, -0.2) is 0 Å². The van der Waals surface area contributed by atoms with Crippen molar-refractivity contribution in [2.75, 3.05) is 11.5 Å². The third kappa shape index (κ3) is 5.71. The van der Waals surface area contributed by atoms with E-state index in [4.69, 9.17) is 44.9 Å². The molecule has 4 nitrogen and oxygen atoms in total. The van der Waals surface area contributed by atoms with Crippen LogP contribution in [0.4, 0.5) is 5.69 Å². The van der Waals surface area contributed by atoms with Crippen LogP contribution in [-0.4, -0.2) is 16.8 Å². The SMILES string of the molecule is CCOc1ccc(N2C(=O)/C(=C\c3cccc(OCc4ccc(Cl)cc4Cl)c3)SC2=S)cc1. The van der Waals surface area contributed by atoms with Crippen LogP contribution in [-0.2, 0) is 11.4 Å². The lowest BCUT2D eigenvalue weighted by Gasteiger charge is -2.15. The van der Waals surface area contributed by atoms with Crippen molar-refractivity contribution in [3.63, 3.8) is 0 Å². The molecule has 8 heteroatoms. The second-order valence-corrected chi connectivity index (χ2v) is 9.56. The van der Waals surface area contributed by atoms with Crippen LogP contribution in [0, 0.1) is 0 Å². The quantitative estimate of drug-likeness (QED) is 0.242. The molecule has 0 aliphatic carbocycles. The minimum Gasteiger partial charge on any atom is -0.494 e. The van der Waals surface area contributed by atoms with E-state index >= 15 is 0 Å². The van der Waals surface area contributed by atoms with Crippen LogP contribution in [0.3, 0.4) is 0 Å². The van der Waals surface area contributed by atoms with Crippen molar-refractivity contribution in [2.24, 2.45) is 0 Å². The third-order valence-corrected chi connectivity index (χ3v) is 6.65. The monoisotopic (exact) mass is 515 g/mol. The van der Waals surface area contributed by atoms with Gasteiger partial charge in [0.1, 0.15) is 18.1 Å². The largest absolute Gasteiger partial charge is 0.494 e. The highest BCUT2D eigenvalue weighted by Gasteiger charge is 2.33. The number of ether oxygens (including phenoxy) is 2. The van der Waals surface area contributed by atoms with Gasteiger partial charge in [0, 0.05) is 15.6 Å². The summed E-state index contributed by atoms with van der Waals surface area (Å²) >= 11 is 18.9. The van der Waals surface area contributed by atoms with Gasteiger partial charge in [0.25, 0.3) is 5.91 Å². The van der Waals surface area contributed by atoms with Crippen LogP contribution >= 0.6 is 47.2 Å². The predicted molar refractivity (Wildman–Crippen MR) is 140 cm³/mol. The van der Waals surface area contributed by atoms with Gasteiger partial charge in [-0.05, 0) is 67.1 Å². The molecule has 1 amide bonds. The van der Waals surface area contributed by atoms with Gasteiger partial charge in [-0.2, -0.15) is 0 Å². The van der Waals surface area contributed by atoms with Gasteiger partial charge in [0.05, 0.1) is 17.2 Å². The molecule has 1 aliphatic rings. The number of nitrogens with zero attached hydrogens (tertiary/aromatic N) is 1. The van der Waals surface area contributed by atoms with Gasteiger partial charge in [-0.3, -0.25) is 9.69 Å². The highest BCUT2D eigenvalue weighted by Crippen LogP contribution is 2.37. The fourth-order valence-corrected chi connectivity index (χ4v) is 4.96. The molecule has 0 aromatic heterocycles. The number of carbonyl (C=O) groups excluding carboxylic acids is 1. The average Bonchev–Trinajstić information content (AvgIpc) is 3.07. The maximum atomic E-state index is 13.1. The molecule has 0 atom stereocenters. The van der Waals surface area contributed by atoms with E-state index in [0.717, 1.165) is 16.9 Å². The first-order valence-electron chi connectivity index (χ1n) is 10.1. The first kappa shape index (κ1) is 23.6. The molecule has 168 valence electrons. The minimum atomic E-state index is -0.159. The van der Waals surface area contributed by atoms with E-state index < -0.39 is 0 Å². The number of hydrogen-bond acceptors (Lipinski definition) is 5. The maximum absolute atomic E-state index is 13.1. The van der Waals surface area contributed by atoms with Crippen molar-refractivity contribution in [2.45, 2.75) is 13.5 Å². The standard InChI is InChI=1S/C25H19Cl2NO3S2/c1-2-30-20-10-8-19(9-11-20)28-24(29)23(33-25(28)32)13-16-4-3-5-21(12-16)31-15-17-6-7-18(26)14-22(17)27/h3-14H,2,15H2,1H3/b23-13+. The fourth-order valence-electron chi connectivity index (χ4n) is 3.19. The number of rotatable bonds is 7. The summed E-state index contributed by atoms with van der Waals surface area (Å²) in [5.74, 6) is 1.25. The van der Waals surface area contributed by atoms with Gasteiger partial charge in [0.15, 0.2) is 4.32 Å². The Kier molecular flexibility index (Phi) is 7.60. The Morgan fingerprint density at radius 1 is 1.00 bits per heavy atom. The van der Waals surface area contributed by atoms with Crippen LogP contribution < -0.4 is 14.4 Å². The van der Waals surface area contributed by atoms with Crippen LogP contribution in [0.1, 0.15) is 18.1 Å². The van der Waals surface area contributed by atoms with E-state index in [2.05, 4.69) is 0 Å². The zero-order valence-corrected chi connectivity index (χ0v) is 20.7. The van der Waals surface area contributed by atoms with E-state index in [9.17, 15) is 4.79 Å². The van der Waals surface area contributed by atoms with Crippen LogP contribution in [0.25, 0.3) is 6.08 Å². The summed E-state index contributed by atoms with van der Waals surface area (Å²) in [6.07, 6.45) is 1.82. The van der Waals surface area contributed by atoms with Gasteiger partial charge >= 0.3 is 0 Å². The summed E-state index contributed by atoms with van der Waals surface area (Å²) < 4.78 is 11.8.